The molecular formula is C32H31N3O2. The van der Waals surface area contributed by atoms with Crippen LogP contribution in [0.4, 0.5) is 5.69 Å². The summed E-state index contributed by atoms with van der Waals surface area (Å²) in [5.41, 5.74) is 8.49. The first-order valence-electron chi connectivity index (χ1n) is 13.5. The van der Waals surface area contributed by atoms with E-state index in [0.717, 1.165) is 79.2 Å². The highest BCUT2D eigenvalue weighted by Crippen LogP contribution is 2.51. The van der Waals surface area contributed by atoms with Crippen LogP contribution < -0.4 is 4.90 Å². The average molecular weight is 490 g/mol. The highest BCUT2D eigenvalue weighted by atomic mass is 16.5. The highest BCUT2D eigenvalue weighted by Gasteiger charge is 2.43. The summed E-state index contributed by atoms with van der Waals surface area (Å²) in [6, 6.07) is 12.9. The van der Waals surface area contributed by atoms with Gasteiger partial charge in [-0.15, -0.1) is 0 Å². The molecule has 186 valence electrons. The second-order valence-corrected chi connectivity index (χ2v) is 11.6. The lowest BCUT2D eigenvalue weighted by molar-refractivity contribution is -0.0660. The third-order valence-corrected chi connectivity index (χ3v) is 8.99. The minimum absolute atomic E-state index is 0.101. The summed E-state index contributed by atoms with van der Waals surface area (Å²) < 4.78 is 5.42. The van der Waals surface area contributed by atoms with E-state index < -0.39 is 0 Å². The molecule has 5 nitrogen and oxygen atoms in total. The molecule has 0 aromatic heterocycles. The van der Waals surface area contributed by atoms with Gasteiger partial charge in [0.15, 0.2) is 5.78 Å². The van der Waals surface area contributed by atoms with Gasteiger partial charge < -0.3 is 9.64 Å². The van der Waals surface area contributed by atoms with E-state index in [4.69, 9.17) is 4.74 Å². The van der Waals surface area contributed by atoms with Crippen LogP contribution in [0, 0.1) is 29.1 Å². The Morgan fingerprint density at radius 3 is 2.49 bits per heavy atom. The number of nitriles is 1. The van der Waals surface area contributed by atoms with Crippen molar-refractivity contribution < 1.29 is 9.53 Å². The topological polar surface area (TPSA) is 56.6 Å². The fraction of sp³-hybridized carbons (Fsp3) is 0.438. The zero-order valence-electron chi connectivity index (χ0n) is 21.6. The Labute approximate surface area is 218 Å². The molecule has 5 aliphatic rings. The van der Waals surface area contributed by atoms with Crippen LogP contribution in [0.3, 0.4) is 0 Å². The SMILES string of the molecule is CC1(C)C2=C(C(=O)c3cc(C#CC4CC4)c(N4CCN(C5COC5)CC4)cc31)c1ccc(C#N)cc1C2. The number of carbonyl (C=O) groups is 1. The molecule has 0 amide bonds. The van der Waals surface area contributed by atoms with Gasteiger partial charge in [0, 0.05) is 54.2 Å². The first kappa shape index (κ1) is 22.8. The number of ether oxygens (including phenoxy) is 1. The molecule has 3 aliphatic carbocycles. The number of hydrogen-bond acceptors (Lipinski definition) is 5. The normalized spacial score (nSPS) is 22.4. The van der Waals surface area contributed by atoms with Gasteiger partial charge in [-0.05, 0) is 65.8 Å². The van der Waals surface area contributed by atoms with Gasteiger partial charge in [-0.2, -0.15) is 5.26 Å². The molecule has 0 atom stereocenters. The minimum atomic E-state index is -0.285. The van der Waals surface area contributed by atoms with Crippen molar-refractivity contribution in [3.8, 4) is 17.9 Å². The van der Waals surface area contributed by atoms with E-state index in [2.05, 4.69) is 53.7 Å². The molecule has 5 heteroatoms. The molecule has 2 aliphatic heterocycles. The molecule has 0 spiro atoms. The van der Waals surface area contributed by atoms with Gasteiger partial charge in [0.25, 0.3) is 0 Å². The predicted octanol–water partition coefficient (Wildman–Crippen LogP) is 4.32. The quantitative estimate of drug-likeness (QED) is 0.588. The van der Waals surface area contributed by atoms with E-state index >= 15 is 0 Å². The number of hydrogen-bond donors (Lipinski definition) is 0. The van der Waals surface area contributed by atoms with Crippen LogP contribution >= 0.6 is 0 Å². The van der Waals surface area contributed by atoms with Gasteiger partial charge in [-0.3, -0.25) is 9.69 Å². The van der Waals surface area contributed by atoms with Crippen molar-refractivity contribution in [1.82, 2.24) is 4.90 Å². The van der Waals surface area contributed by atoms with Crippen molar-refractivity contribution in [2.75, 3.05) is 44.3 Å². The fourth-order valence-corrected chi connectivity index (χ4v) is 6.41. The number of allylic oxidation sites excluding steroid dienone is 2. The predicted molar refractivity (Wildman–Crippen MR) is 144 cm³/mol. The van der Waals surface area contributed by atoms with E-state index in [9.17, 15) is 10.1 Å². The number of ketones is 1. The minimum Gasteiger partial charge on any atom is -0.378 e. The second kappa shape index (κ2) is 8.32. The summed E-state index contributed by atoms with van der Waals surface area (Å²) in [5.74, 6) is 7.55. The van der Waals surface area contributed by atoms with E-state index in [1.165, 1.54) is 24.1 Å². The molecule has 3 fully saturated rings. The molecule has 0 unspecified atom stereocenters. The molecule has 0 radical (unpaired) electrons. The molecule has 0 N–H and O–H groups in total. The zero-order valence-corrected chi connectivity index (χ0v) is 21.6. The Kier molecular flexibility index (Phi) is 5.12. The maximum Gasteiger partial charge on any atom is 0.193 e. The van der Waals surface area contributed by atoms with Crippen LogP contribution in [0.2, 0.25) is 0 Å². The lowest BCUT2D eigenvalue weighted by atomic mass is 9.68. The van der Waals surface area contributed by atoms with Gasteiger partial charge >= 0.3 is 0 Å². The Morgan fingerprint density at radius 2 is 1.81 bits per heavy atom. The lowest BCUT2D eigenvalue weighted by Gasteiger charge is -2.44. The molecule has 37 heavy (non-hydrogen) atoms. The molecular weight excluding hydrogens is 458 g/mol. The van der Waals surface area contributed by atoms with Crippen molar-refractivity contribution in [1.29, 1.82) is 5.26 Å². The molecule has 2 aromatic carbocycles. The number of fused-ring (bicyclic) bond motifs is 3. The van der Waals surface area contributed by atoms with E-state index in [1.807, 2.05) is 18.2 Å². The van der Waals surface area contributed by atoms with Gasteiger partial charge in [-0.25, -0.2) is 0 Å². The number of rotatable bonds is 2. The Hall–Kier alpha value is -3.38. The molecule has 2 heterocycles. The van der Waals surface area contributed by atoms with Gasteiger partial charge in [0.1, 0.15) is 0 Å². The molecule has 7 rings (SSSR count). The largest absolute Gasteiger partial charge is 0.378 e. The van der Waals surface area contributed by atoms with Gasteiger partial charge in [-0.1, -0.05) is 31.8 Å². The Morgan fingerprint density at radius 1 is 1.03 bits per heavy atom. The van der Waals surface area contributed by atoms with Crippen LogP contribution in [0.15, 0.2) is 35.9 Å². The first-order valence-corrected chi connectivity index (χ1v) is 13.5. The second-order valence-electron chi connectivity index (χ2n) is 11.6. The van der Waals surface area contributed by atoms with E-state index in [1.54, 1.807) is 0 Å². The van der Waals surface area contributed by atoms with Crippen molar-refractivity contribution in [2.45, 2.75) is 44.6 Å². The number of nitrogens with zero attached hydrogens (tertiary/aromatic N) is 3. The third kappa shape index (κ3) is 3.64. The average Bonchev–Trinajstić information content (AvgIpc) is 3.62. The first-order chi connectivity index (χ1) is 17.9. The van der Waals surface area contributed by atoms with Crippen LogP contribution in [-0.4, -0.2) is 56.1 Å². The van der Waals surface area contributed by atoms with Crippen molar-refractivity contribution in [3.63, 3.8) is 0 Å². The maximum atomic E-state index is 14.0. The monoisotopic (exact) mass is 489 g/mol. The van der Waals surface area contributed by atoms with Crippen molar-refractivity contribution in [2.24, 2.45) is 5.92 Å². The fourth-order valence-electron chi connectivity index (χ4n) is 6.41. The summed E-state index contributed by atoms with van der Waals surface area (Å²) in [6.07, 6.45) is 3.08. The van der Waals surface area contributed by atoms with Crippen molar-refractivity contribution in [3.05, 3.63) is 69.3 Å². The number of anilines is 1. The number of piperazine rings is 1. The van der Waals surface area contributed by atoms with Crippen LogP contribution in [0.5, 0.6) is 0 Å². The lowest BCUT2D eigenvalue weighted by Crippen LogP contribution is -2.56. The van der Waals surface area contributed by atoms with E-state index in [-0.39, 0.29) is 11.2 Å². The Bertz CT molecular complexity index is 1470. The summed E-state index contributed by atoms with van der Waals surface area (Å²) >= 11 is 0. The van der Waals surface area contributed by atoms with Crippen molar-refractivity contribution >= 4 is 17.0 Å². The van der Waals surface area contributed by atoms with Crippen LogP contribution in [0.25, 0.3) is 5.57 Å². The molecule has 2 aromatic rings. The summed E-state index contributed by atoms with van der Waals surface area (Å²) in [6.45, 7) is 10.2. The molecule has 0 bridgehead atoms. The van der Waals surface area contributed by atoms with E-state index in [0.29, 0.717) is 17.5 Å². The summed E-state index contributed by atoms with van der Waals surface area (Å²) in [5, 5.41) is 9.41. The maximum absolute atomic E-state index is 14.0. The molecule has 2 saturated heterocycles. The highest BCUT2D eigenvalue weighted by molar-refractivity contribution is 6.33. The zero-order chi connectivity index (χ0) is 25.3. The standard InChI is InChI=1S/C32H31N3O2/c1-32(2)27-16-29(35-11-9-34(10-12-35)24-18-37-19-24)22(7-5-20-3-4-20)14-26(27)31(36)30-25-8-6-21(17-33)13-23(25)15-28(30)32/h6,8,13-14,16,20,24H,3-4,9-12,15,18-19H2,1-2H3. The van der Waals surface area contributed by atoms with Crippen LogP contribution in [-0.2, 0) is 16.6 Å². The third-order valence-electron chi connectivity index (χ3n) is 8.99. The van der Waals surface area contributed by atoms with Gasteiger partial charge in [0.05, 0.1) is 36.6 Å². The Balaban J connectivity index is 1.30. The number of Topliss-reactive ketones (excluding diaryl/α,β-unsaturated/α-hetero) is 1. The number of benzene rings is 2. The summed E-state index contributed by atoms with van der Waals surface area (Å²) in [4.78, 5) is 19.1. The molecule has 1 saturated carbocycles. The smallest absolute Gasteiger partial charge is 0.193 e. The summed E-state index contributed by atoms with van der Waals surface area (Å²) in [7, 11) is 0. The number of carbonyl (C=O) groups excluding carboxylic acids is 1. The van der Waals surface area contributed by atoms with Gasteiger partial charge in [0.2, 0.25) is 0 Å². The van der Waals surface area contributed by atoms with Crippen LogP contribution in [0.1, 0.15) is 64.9 Å².